The summed E-state index contributed by atoms with van der Waals surface area (Å²) < 4.78 is 12.8. The predicted octanol–water partition coefficient (Wildman–Crippen LogP) is 3.05. The minimum atomic E-state index is -0.200. The van der Waals surface area contributed by atoms with Crippen molar-refractivity contribution in [1.29, 1.82) is 0 Å². The predicted molar refractivity (Wildman–Crippen MR) is 90.5 cm³/mol. The molecule has 1 aromatic carbocycles. The number of amides is 1. The number of hydrogen-bond acceptors (Lipinski definition) is 3. The standard InChI is InChI=1S/C17H25FN2OS/c1-22-12-2-11-20-16(7-8-17(20)21)9-10-19-13-14-3-5-15(18)6-4-14/h3-6,16,19H,2,7-13H2,1H3/t16-/m0/s1. The van der Waals surface area contributed by atoms with Crippen LogP contribution in [-0.2, 0) is 11.3 Å². The molecule has 1 N–H and O–H groups in total. The average molecular weight is 324 g/mol. The lowest BCUT2D eigenvalue weighted by molar-refractivity contribution is -0.129. The van der Waals surface area contributed by atoms with Crippen LogP contribution in [0.4, 0.5) is 4.39 Å². The van der Waals surface area contributed by atoms with Crippen molar-refractivity contribution >= 4 is 17.7 Å². The second-order valence-electron chi connectivity index (χ2n) is 5.72. The highest BCUT2D eigenvalue weighted by atomic mass is 32.2. The molecular formula is C17H25FN2OS. The summed E-state index contributed by atoms with van der Waals surface area (Å²) in [5.74, 6) is 1.22. The number of likely N-dealkylation sites (tertiary alicyclic amines) is 1. The van der Waals surface area contributed by atoms with E-state index >= 15 is 0 Å². The summed E-state index contributed by atoms with van der Waals surface area (Å²) in [7, 11) is 0. The van der Waals surface area contributed by atoms with Crippen molar-refractivity contribution in [2.45, 2.75) is 38.3 Å². The molecule has 1 aromatic rings. The molecular weight excluding hydrogens is 299 g/mol. The van der Waals surface area contributed by atoms with Crippen LogP contribution in [0.25, 0.3) is 0 Å². The van der Waals surface area contributed by atoms with Gasteiger partial charge < -0.3 is 10.2 Å². The number of carbonyl (C=O) groups excluding carboxylic acids is 1. The van der Waals surface area contributed by atoms with Crippen LogP contribution in [-0.4, -0.2) is 41.9 Å². The summed E-state index contributed by atoms with van der Waals surface area (Å²) in [5.41, 5.74) is 1.08. The monoisotopic (exact) mass is 324 g/mol. The second-order valence-corrected chi connectivity index (χ2v) is 6.70. The van der Waals surface area contributed by atoms with Crippen molar-refractivity contribution in [2.24, 2.45) is 0 Å². The highest BCUT2D eigenvalue weighted by molar-refractivity contribution is 7.98. The molecule has 1 saturated heterocycles. The lowest BCUT2D eigenvalue weighted by atomic mass is 10.1. The third-order valence-corrected chi connectivity index (χ3v) is 4.79. The topological polar surface area (TPSA) is 32.3 Å². The average Bonchev–Trinajstić information content (AvgIpc) is 2.87. The summed E-state index contributed by atoms with van der Waals surface area (Å²) >= 11 is 1.83. The van der Waals surface area contributed by atoms with Crippen molar-refractivity contribution in [3.63, 3.8) is 0 Å². The number of nitrogens with zero attached hydrogens (tertiary/aromatic N) is 1. The van der Waals surface area contributed by atoms with Crippen LogP contribution in [0.1, 0.15) is 31.2 Å². The van der Waals surface area contributed by atoms with Gasteiger partial charge in [-0.05, 0) is 55.5 Å². The number of benzene rings is 1. The Labute approximate surface area is 136 Å². The molecule has 1 aliphatic heterocycles. The third kappa shape index (κ3) is 5.29. The first-order chi connectivity index (χ1) is 10.7. The van der Waals surface area contributed by atoms with Gasteiger partial charge in [-0.1, -0.05) is 12.1 Å². The van der Waals surface area contributed by atoms with Crippen molar-refractivity contribution in [3.05, 3.63) is 35.6 Å². The molecule has 122 valence electrons. The SMILES string of the molecule is CSCCCN1C(=O)CC[C@H]1CCNCc1ccc(F)cc1. The van der Waals surface area contributed by atoms with E-state index in [1.54, 1.807) is 12.1 Å². The molecule has 0 bridgehead atoms. The zero-order chi connectivity index (χ0) is 15.8. The van der Waals surface area contributed by atoms with E-state index in [9.17, 15) is 9.18 Å². The van der Waals surface area contributed by atoms with Crippen LogP contribution >= 0.6 is 11.8 Å². The largest absolute Gasteiger partial charge is 0.340 e. The van der Waals surface area contributed by atoms with E-state index in [1.165, 1.54) is 12.1 Å². The maximum Gasteiger partial charge on any atom is 0.222 e. The maximum atomic E-state index is 12.8. The first kappa shape index (κ1) is 17.3. The van der Waals surface area contributed by atoms with Crippen LogP contribution in [0.15, 0.2) is 24.3 Å². The van der Waals surface area contributed by atoms with Crippen LogP contribution < -0.4 is 5.32 Å². The lowest BCUT2D eigenvalue weighted by Gasteiger charge is -2.25. The molecule has 2 rings (SSSR count). The van der Waals surface area contributed by atoms with Crippen molar-refractivity contribution in [1.82, 2.24) is 10.2 Å². The summed E-state index contributed by atoms with van der Waals surface area (Å²) in [6.45, 7) is 2.52. The Balaban J connectivity index is 1.68. The van der Waals surface area contributed by atoms with Gasteiger partial charge in [0.2, 0.25) is 5.91 Å². The van der Waals surface area contributed by atoms with E-state index in [1.807, 2.05) is 11.8 Å². The van der Waals surface area contributed by atoms with Crippen molar-refractivity contribution in [3.8, 4) is 0 Å². The minimum Gasteiger partial charge on any atom is -0.340 e. The number of hydrogen-bond donors (Lipinski definition) is 1. The fourth-order valence-corrected chi connectivity index (χ4v) is 3.30. The fraction of sp³-hybridized carbons (Fsp3) is 0.588. The Bertz CT molecular complexity index is 466. The maximum absolute atomic E-state index is 12.8. The smallest absolute Gasteiger partial charge is 0.222 e. The highest BCUT2D eigenvalue weighted by Gasteiger charge is 2.29. The highest BCUT2D eigenvalue weighted by Crippen LogP contribution is 2.21. The van der Waals surface area contributed by atoms with Gasteiger partial charge >= 0.3 is 0 Å². The zero-order valence-corrected chi connectivity index (χ0v) is 14.0. The Morgan fingerprint density at radius 1 is 1.36 bits per heavy atom. The molecule has 0 saturated carbocycles. The Morgan fingerprint density at radius 2 is 2.14 bits per heavy atom. The first-order valence-corrected chi connectivity index (χ1v) is 9.33. The molecule has 0 spiro atoms. The summed E-state index contributed by atoms with van der Waals surface area (Å²) in [4.78, 5) is 14.0. The Kier molecular flexibility index (Phi) is 7.19. The molecule has 3 nitrogen and oxygen atoms in total. The molecule has 0 radical (unpaired) electrons. The molecule has 0 unspecified atom stereocenters. The molecule has 0 aliphatic carbocycles. The van der Waals surface area contributed by atoms with Crippen molar-refractivity contribution in [2.75, 3.05) is 25.1 Å². The third-order valence-electron chi connectivity index (χ3n) is 4.10. The van der Waals surface area contributed by atoms with Crippen LogP contribution in [0, 0.1) is 5.82 Å². The number of carbonyl (C=O) groups is 1. The van der Waals surface area contributed by atoms with E-state index < -0.39 is 0 Å². The van der Waals surface area contributed by atoms with Gasteiger partial charge in [-0.15, -0.1) is 0 Å². The number of halogens is 1. The minimum absolute atomic E-state index is 0.200. The first-order valence-electron chi connectivity index (χ1n) is 7.94. The Morgan fingerprint density at radius 3 is 2.86 bits per heavy atom. The van der Waals surface area contributed by atoms with E-state index in [0.29, 0.717) is 18.4 Å². The molecule has 1 fully saturated rings. The molecule has 1 aliphatic rings. The van der Waals surface area contributed by atoms with E-state index in [0.717, 1.165) is 50.2 Å². The van der Waals surface area contributed by atoms with Crippen LogP contribution in [0.3, 0.4) is 0 Å². The summed E-state index contributed by atoms with van der Waals surface area (Å²) in [6, 6.07) is 6.96. The van der Waals surface area contributed by atoms with Gasteiger partial charge in [0.05, 0.1) is 0 Å². The molecule has 1 amide bonds. The van der Waals surface area contributed by atoms with Crippen molar-refractivity contribution < 1.29 is 9.18 Å². The normalized spacial score (nSPS) is 18.2. The number of rotatable bonds is 9. The van der Waals surface area contributed by atoms with Gasteiger partial charge in [-0.2, -0.15) is 11.8 Å². The Hall–Kier alpha value is -1.07. The second kappa shape index (κ2) is 9.16. The van der Waals surface area contributed by atoms with Crippen LogP contribution in [0.2, 0.25) is 0 Å². The molecule has 5 heteroatoms. The number of thioether (sulfide) groups is 1. The molecule has 1 atom stereocenters. The molecule has 0 aromatic heterocycles. The van der Waals surface area contributed by atoms with Gasteiger partial charge in [0, 0.05) is 25.6 Å². The van der Waals surface area contributed by atoms with E-state index in [2.05, 4.69) is 16.5 Å². The number of nitrogens with one attached hydrogen (secondary N) is 1. The van der Waals surface area contributed by atoms with E-state index in [4.69, 9.17) is 0 Å². The van der Waals surface area contributed by atoms with Gasteiger partial charge in [0.15, 0.2) is 0 Å². The molecule has 1 heterocycles. The summed E-state index contributed by atoms with van der Waals surface area (Å²) in [5, 5.41) is 3.39. The van der Waals surface area contributed by atoms with E-state index in [-0.39, 0.29) is 5.82 Å². The van der Waals surface area contributed by atoms with Gasteiger partial charge in [-0.25, -0.2) is 4.39 Å². The van der Waals surface area contributed by atoms with Crippen LogP contribution in [0.5, 0.6) is 0 Å². The fourth-order valence-electron chi connectivity index (χ4n) is 2.88. The molecule has 22 heavy (non-hydrogen) atoms. The van der Waals surface area contributed by atoms with Gasteiger partial charge in [-0.3, -0.25) is 4.79 Å². The zero-order valence-electron chi connectivity index (χ0n) is 13.2. The van der Waals surface area contributed by atoms with Gasteiger partial charge in [0.1, 0.15) is 5.82 Å². The summed E-state index contributed by atoms with van der Waals surface area (Å²) in [6.07, 6.45) is 5.85. The quantitative estimate of drug-likeness (QED) is 0.709. The van der Waals surface area contributed by atoms with Gasteiger partial charge in [0.25, 0.3) is 0 Å². The lowest BCUT2D eigenvalue weighted by Crippen LogP contribution is -2.36.